The zero-order valence-corrected chi connectivity index (χ0v) is 12.9. The normalized spacial score (nSPS) is 17.6. The van der Waals surface area contributed by atoms with Crippen LogP contribution in [0.2, 0.25) is 5.02 Å². The van der Waals surface area contributed by atoms with E-state index in [1.54, 1.807) is 11.8 Å². The summed E-state index contributed by atoms with van der Waals surface area (Å²) >= 11 is 7.41. The van der Waals surface area contributed by atoms with Crippen LogP contribution in [0.15, 0.2) is 23.1 Å². The minimum atomic E-state index is -3.70. The van der Waals surface area contributed by atoms with Gasteiger partial charge in [-0.25, -0.2) is 8.42 Å². The zero-order chi connectivity index (χ0) is 14.8. The number of sulfonamides is 1. The van der Waals surface area contributed by atoms with Crippen LogP contribution in [-0.4, -0.2) is 42.2 Å². The molecule has 110 valence electrons. The van der Waals surface area contributed by atoms with Crippen molar-refractivity contribution in [1.82, 2.24) is 4.31 Å². The van der Waals surface area contributed by atoms with Gasteiger partial charge in [0, 0.05) is 24.9 Å². The van der Waals surface area contributed by atoms with E-state index in [1.165, 1.54) is 16.4 Å². The second-order valence-corrected chi connectivity index (χ2v) is 7.81. The molecule has 0 spiro atoms. The van der Waals surface area contributed by atoms with Gasteiger partial charge in [-0.2, -0.15) is 16.1 Å². The van der Waals surface area contributed by atoms with Crippen molar-refractivity contribution >= 4 is 39.1 Å². The van der Waals surface area contributed by atoms with Crippen molar-refractivity contribution in [3.63, 3.8) is 0 Å². The van der Waals surface area contributed by atoms with Gasteiger partial charge in [-0.3, -0.25) is 10.1 Å². The Hall–Kier alpha value is -0.830. The Morgan fingerprint density at radius 3 is 2.75 bits per heavy atom. The Balaban J connectivity index is 2.38. The molecular formula is C11H13ClN2O4S2. The molecule has 0 aromatic heterocycles. The van der Waals surface area contributed by atoms with Crippen LogP contribution in [0.4, 0.5) is 5.69 Å². The molecule has 0 radical (unpaired) electrons. The number of halogens is 1. The molecule has 0 atom stereocenters. The van der Waals surface area contributed by atoms with Gasteiger partial charge in [-0.15, -0.1) is 0 Å². The molecule has 0 amide bonds. The number of nitrogens with zero attached hydrogens (tertiary/aromatic N) is 2. The van der Waals surface area contributed by atoms with Crippen molar-refractivity contribution in [1.29, 1.82) is 0 Å². The summed E-state index contributed by atoms with van der Waals surface area (Å²) in [5, 5.41) is 10.8. The van der Waals surface area contributed by atoms with Gasteiger partial charge in [-0.1, -0.05) is 11.6 Å². The molecule has 0 N–H and O–H groups in total. The second-order valence-electron chi connectivity index (χ2n) is 4.24. The smallest absolute Gasteiger partial charge is 0.258 e. The highest BCUT2D eigenvalue weighted by molar-refractivity contribution is 7.99. The number of rotatable bonds is 3. The summed E-state index contributed by atoms with van der Waals surface area (Å²) in [6.07, 6.45) is 0.777. The third kappa shape index (κ3) is 3.25. The molecule has 2 rings (SSSR count). The standard InChI is InChI=1S/C11H13ClN2O4S2/c12-10-3-2-9(8-11(10)14(15)16)20(17,18)13-4-1-6-19-7-5-13/h2-3,8H,1,4-7H2. The molecular weight excluding hydrogens is 324 g/mol. The molecule has 1 aromatic rings. The molecule has 1 aliphatic rings. The van der Waals surface area contributed by atoms with Gasteiger partial charge in [0.2, 0.25) is 10.0 Å². The van der Waals surface area contributed by atoms with Gasteiger partial charge in [0.15, 0.2) is 0 Å². The molecule has 20 heavy (non-hydrogen) atoms. The van der Waals surface area contributed by atoms with E-state index in [-0.39, 0.29) is 9.92 Å². The fourth-order valence-electron chi connectivity index (χ4n) is 1.91. The van der Waals surface area contributed by atoms with E-state index in [0.29, 0.717) is 13.1 Å². The minimum Gasteiger partial charge on any atom is -0.258 e. The summed E-state index contributed by atoms with van der Waals surface area (Å²) < 4.78 is 26.3. The van der Waals surface area contributed by atoms with Crippen LogP contribution < -0.4 is 0 Å². The lowest BCUT2D eigenvalue weighted by atomic mass is 10.3. The van der Waals surface area contributed by atoms with Crippen molar-refractivity contribution < 1.29 is 13.3 Å². The summed E-state index contributed by atoms with van der Waals surface area (Å²) in [6.45, 7) is 0.856. The summed E-state index contributed by atoms with van der Waals surface area (Å²) in [5.41, 5.74) is -0.392. The van der Waals surface area contributed by atoms with Gasteiger partial charge in [0.05, 0.1) is 9.82 Å². The average Bonchev–Trinajstić information content (AvgIpc) is 2.67. The minimum absolute atomic E-state index is 0.0691. The van der Waals surface area contributed by atoms with E-state index in [1.807, 2.05) is 0 Å². The van der Waals surface area contributed by atoms with Crippen LogP contribution in [0, 0.1) is 10.1 Å². The maximum Gasteiger partial charge on any atom is 0.289 e. The van der Waals surface area contributed by atoms with Crippen LogP contribution in [0.1, 0.15) is 6.42 Å². The molecule has 1 fully saturated rings. The zero-order valence-electron chi connectivity index (χ0n) is 10.5. The van der Waals surface area contributed by atoms with Gasteiger partial charge < -0.3 is 0 Å². The highest BCUT2D eigenvalue weighted by atomic mass is 35.5. The van der Waals surface area contributed by atoms with E-state index in [9.17, 15) is 18.5 Å². The Kier molecular flexibility index (Phi) is 4.90. The summed E-state index contributed by atoms with van der Waals surface area (Å²) in [6, 6.07) is 3.58. The van der Waals surface area contributed by atoms with Crippen molar-refractivity contribution in [2.24, 2.45) is 0 Å². The predicted octanol–water partition coefficient (Wildman–Crippen LogP) is 2.38. The van der Waals surface area contributed by atoms with Crippen LogP contribution >= 0.6 is 23.4 Å². The van der Waals surface area contributed by atoms with E-state index >= 15 is 0 Å². The maximum atomic E-state index is 12.5. The Bertz CT molecular complexity index is 613. The first-order valence-corrected chi connectivity index (χ1v) is 8.92. The van der Waals surface area contributed by atoms with Crippen molar-refractivity contribution in [3.8, 4) is 0 Å². The number of nitro groups is 1. The fourth-order valence-corrected chi connectivity index (χ4v) is 4.59. The molecule has 0 unspecified atom stereocenters. The molecule has 9 heteroatoms. The lowest BCUT2D eigenvalue weighted by molar-refractivity contribution is -0.384. The third-order valence-corrected chi connectivity index (χ3v) is 6.20. The SMILES string of the molecule is O=[N+]([O-])c1cc(S(=O)(=O)N2CCCSCC2)ccc1Cl. The highest BCUT2D eigenvalue weighted by Crippen LogP contribution is 2.29. The first kappa shape index (κ1) is 15.6. The van der Waals surface area contributed by atoms with Crippen LogP contribution in [-0.2, 0) is 10.0 Å². The molecule has 0 bridgehead atoms. The summed E-state index contributed by atoms with van der Waals surface area (Å²) in [5.74, 6) is 1.65. The number of benzene rings is 1. The van der Waals surface area contributed by atoms with Crippen molar-refractivity contribution in [2.45, 2.75) is 11.3 Å². The average molecular weight is 337 g/mol. The molecule has 0 aliphatic carbocycles. The van der Waals surface area contributed by atoms with Gasteiger partial charge in [-0.05, 0) is 24.3 Å². The molecule has 6 nitrogen and oxygen atoms in total. The predicted molar refractivity (Wildman–Crippen MR) is 78.8 cm³/mol. The molecule has 0 saturated carbocycles. The number of thioether (sulfide) groups is 1. The lowest BCUT2D eigenvalue weighted by Crippen LogP contribution is -2.33. The quantitative estimate of drug-likeness (QED) is 0.625. The molecule has 1 heterocycles. The van der Waals surface area contributed by atoms with E-state index < -0.39 is 20.6 Å². The Labute approximate surface area is 126 Å². The second kappa shape index (κ2) is 6.30. The monoisotopic (exact) mass is 336 g/mol. The Morgan fingerprint density at radius 2 is 2.05 bits per heavy atom. The fraction of sp³-hybridized carbons (Fsp3) is 0.455. The topological polar surface area (TPSA) is 80.5 Å². The van der Waals surface area contributed by atoms with Crippen molar-refractivity contribution in [3.05, 3.63) is 33.3 Å². The third-order valence-electron chi connectivity index (χ3n) is 2.93. The highest BCUT2D eigenvalue weighted by Gasteiger charge is 2.27. The summed E-state index contributed by atoms with van der Waals surface area (Å²) in [7, 11) is -3.70. The molecule has 1 aliphatic heterocycles. The Morgan fingerprint density at radius 1 is 1.30 bits per heavy atom. The van der Waals surface area contributed by atoms with E-state index in [0.717, 1.165) is 24.0 Å². The largest absolute Gasteiger partial charge is 0.289 e. The molecule has 1 aromatic carbocycles. The number of hydrogen-bond donors (Lipinski definition) is 0. The first-order valence-electron chi connectivity index (χ1n) is 5.95. The first-order chi connectivity index (χ1) is 9.43. The van der Waals surface area contributed by atoms with Crippen LogP contribution in [0.3, 0.4) is 0 Å². The van der Waals surface area contributed by atoms with Gasteiger partial charge >= 0.3 is 0 Å². The van der Waals surface area contributed by atoms with Crippen LogP contribution in [0.5, 0.6) is 0 Å². The summed E-state index contributed by atoms with van der Waals surface area (Å²) in [4.78, 5) is 10.1. The maximum absolute atomic E-state index is 12.5. The van der Waals surface area contributed by atoms with Gasteiger partial charge in [0.25, 0.3) is 5.69 Å². The van der Waals surface area contributed by atoms with E-state index in [2.05, 4.69) is 0 Å². The van der Waals surface area contributed by atoms with Crippen molar-refractivity contribution in [2.75, 3.05) is 24.6 Å². The van der Waals surface area contributed by atoms with Gasteiger partial charge in [0.1, 0.15) is 5.02 Å². The van der Waals surface area contributed by atoms with Crippen LogP contribution in [0.25, 0.3) is 0 Å². The number of hydrogen-bond acceptors (Lipinski definition) is 5. The number of nitro benzene ring substituents is 1. The lowest BCUT2D eigenvalue weighted by Gasteiger charge is -2.19. The van der Waals surface area contributed by atoms with E-state index in [4.69, 9.17) is 11.6 Å². The molecule has 1 saturated heterocycles.